The molecule has 0 unspecified atom stereocenters. The van der Waals surface area contributed by atoms with Gasteiger partial charge in [0, 0.05) is 0 Å². The minimum atomic E-state index is -3.99. The van der Waals surface area contributed by atoms with Gasteiger partial charge in [-0.25, -0.2) is 4.39 Å². The molecule has 1 rings (SSSR count). The van der Waals surface area contributed by atoms with Crippen LogP contribution in [0.15, 0.2) is 12.1 Å². The highest BCUT2D eigenvalue weighted by atomic mass is 19.3. The number of aliphatic hydroxyl groups is 1. The normalized spacial score (nSPS) is 11.6. The maximum absolute atomic E-state index is 13.0. The van der Waals surface area contributed by atoms with E-state index >= 15 is 0 Å². The van der Waals surface area contributed by atoms with Gasteiger partial charge in [-0.3, -0.25) is 10.1 Å². The quantitative estimate of drug-likeness (QED) is 0.498. The van der Waals surface area contributed by atoms with Gasteiger partial charge < -0.3 is 5.11 Å². The van der Waals surface area contributed by atoms with E-state index in [9.17, 15) is 27.7 Å². The van der Waals surface area contributed by atoms with E-state index in [1.807, 2.05) is 0 Å². The van der Waals surface area contributed by atoms with Crippen molar-refractivity contribution in [1.82, 2.24) is 0 Å². The van der Waals surface area contributed by atoms with E-state index in [0.29, 0.717) is 0 Å². The second-order valence-electron chi connectivity index (χ2n) is 2.90. The van der Waals surface area contributed by atoms with Crippen LogP contribution in [0.25, 0.3) is 0 Å². The van der Waals surface area contributed by atoms with Gasteiger partial charge in [-0.05, 0) is 6.07 Å². The van der Waals surface area contributed by atoms with Crippen LogP contribution < -0.4 is 0 Å². The monoisotopic (exact) mass is 239 g/mol. The summed E-state index contributed by atoms with van der Waals surface area (Å²) in [6.45, 7) is -1.72. The van der Waals surface area contributed by atoms with Crippen LogP contribution in [0, 0.1) is 21.7 Å². The molecule has 0 radical (unpaired) electrons. The van der Waals surface area contributed by atoms with Crippen molar-refractivity contribution in [1.29, 1.82) is 0 Å². The van der Waals surface area contributed by atoms with Gasteiger partial charge in [0.2, 0.25) is 5.82 Å². The lowest BCUT2D eigenvalue weighted by molar-refractivity contribution is -0.387. The maximum atomic E-state index is 13.0. The molecule has 0 atom stereocenters. The van der Waals surface area contributed by atoms with Gasteiger partial charge in [-0.1, -0.05) is 0 Å². The first-order chi connectivity index (χ1) is 7.29. The lowest BCUT2D eigenvalue weighted by Crippen LogP contribution is -2.20. The van der Waals surface area contributed by atoms with Gasteiger partial charge >= 0.3 is 5.69 Å². The number of nitrogens with zero attached hydrogens (tertiary/aromatic N) is 1. The van der Waals surface area contributed by atoms with Crippen molar-refractivity contribution >= 4 is 5.69 Å². The molecule has 0 amide bonds. The smallest absolute Gasteiger partial charge is 0.307 e. The Labute approximate surface area is 86.3 Å². The summed E-state index contributed by atoms with van der Waals surface area (Å²) < 4.78 is 51.6. The molecule has 0 aliphatic heterocycles. The number of halogens is 4. The fourth-order valence-corrected chi connectivity index (χ4v) is 1.04. The molecule has 0 aromatic heterocycles. The lowest BCUT2D eigenvalue weighted by Gasteiger charge is -2.14. The van der Waals surface area contributed by atoms with Crippen molar-refractivity contribution in [2.45, 2.75) is 5.92 Å². The van der Waals surface area contributed by atoms with Gasteiger partial charge in [-0.2, -0.15) is 13.2 Å². The molecule has 1 aromatic rings. The highest BCUT2D eigenvalue weighted by molar-refractivity contribution is 5.38. The molecule has 0 fully saturated rings. The van der Waals surface area contributed by atoms with Gasteiger partial charge in [0.15, 0.2) is 0 Å². The van der Waals surface area contributed by atoms with Gasteiger partial charge in [0.25, 0.3) is 5.92 Å². The van der Waals surface area contributed by atoms with Gasteiger partial charge in [0.05, 0.1) is 16.6 Å². The number of nitro groups is 1. The van der Waals surface area contributed by atoms with Crippen LogP contribution in [0.4, 0.5) is 23.2 Å². The number of nitro benzene ring substituents is 1. The molecule has 0 saturated carbocycles. The largest absolute Gasteiger partial charge is 0.390 e. The topological polar surface area (TPSA) is 63.4 Å². The predicted molar refractivity (Wildman–Crippen MR) is 44.0 cm³/mol. The average molecular weight is 239 g/mol. The number of aliphatic hydroxyl groups excluding tert-OH is 1. The number of benzene rings is 1. The number of hydrogen-bond donors (Lipinski definition) is 1. The molecule has 4 nitrogen and oxygen atoms in total. The molecule has 1 N–H and O–H groups in total. The van der Waals surface area contributed by atoms with Crippen molar-refractivity contribution < 1.29 is 27.6 Å². The second kappa shape index (κ2) is 4.05. The second-order valence-corrected chi connectivity index (χ2v) is 2.90. The Morgan fingerprint density at radius 1 is 1.31 bits per heavy atom. The third-order valence-corrected chi connectivity index (χ3v) is 1.83. The highest BCUT2D eigenvalue weighted by Gasteiger charge is 2.36. The predicted octanol–water partition coefficient (Wildman–Crippen LogP) is 1.96. The fourth-order valence-electron chi connectivity index (χ4n) is 1.04. The summed E-state index contributed by atoms with van der Waals surface area (Å²) in [5.74, 6) is -7.22. The molecule has 1 aromatic carbocycles. The van der Waals surface area contributed by atoms with Crippen LogP contribution in [0.5, 0.6) is 0 Å². The van der Waals surface area contributed by atoms with E-state index in [0.717, 1.165) is 0 Å². The summed E-state index contributed by atoms with van der Waals surface area (Å²) in [4.78, 5) is 8.93. The van der Waals surface area contributed by atoms with Crippen LogP contribution in [-0.2, 0) is 5.92 Å². The van der Waals surface area contributed by atoms with Crippen LogP contribution in [-0.4, -0.2) is 16.6 Å². The van der Waals surface area contributed by atoms with E-state index in [4.69, 9.17) is 5.11 Å². The molecule has 0 saturated heterocycles. The summed E-state index contributed by atoms with van der Waals surface area (Å²) in [6, 6.07) is 0.0535. The molecule has 8 heteroatoms. The highest BCUT2D eigenvalue weighted by Crippen LogP contribution is 2.32. The summed E-state index contributed by atoms with van der Waals surface area (Å²) in [7, 11) is 0. The van der Waals surface area contributed by atoms with Crippen LogP contribution >= 0.6 is 0 Å². The van der Waals surface area contributed by atoms with E-state index < -0.39 is 40.3 Å². The molecule has 0 heterocycles. The lowest BCUT2D eigenvalue weighted by atomic mass is 10.1. The number of rotatable bonds is 3. The molecular formula is C8H5F4NO3. The minimum Gasteiger partial charge on any atom is -0.390 e. The van der Waals surface area contributed by atoms with Crippen molar-refractivity contribution in [3.63, 3.8) is 0 Å². The molecule has 0 spiro atoms. The van der Waals surface area contributed by atoms with Gasteiger partial charge in [0.1, 0.15) is 12.4 Å². The van der Waals surface area contributed by atoms with E-state index in [2.05, 4.69) is 0 Å². The third kappa shape index (κ3) is 2.11. The molecular weight excluding hydrogens is 234 g/mol. The van der Waals surface area contributed by atoms with Gasteiger partial charge in [-0.15, -0.1) is 0 Å². The Morgan fingerprint density at radius 3 is 2.31 bits per heavy atom. The van der Waals surface area contributed by atoms with Crippen LogP contribution in [0.3, 0.4) is 0 Å². The van der Waals surface area contributed by atoms with Crippen molar-refractivity contribution in [2.24, 2.45) is 0 Å². The molecule has 0 aliphatic rings. The van der Waals surface area contributed by atoms with Crippen molar-refractivity contribution in [2.75, 3.05) is 6.61 Å². The summed E-state index contributed by atoms with van der Waals surface area (Å²) in [6.07, 6.45) is 0. The zero-order valence-corrected chi connectivity index (χ0v) is 7.58. The van der Waals surface area contributed by atoms with Crippen LogP contribution in [0.1, 0.15) is 5.56 Å². The Balaban J connectivity index is 3.37. The third-order valence-electron chi connectivity index (χ3n) is 1.83. The molecule has 0 aliphatic carbocycles. The standard InChI is InChI=1S/C8H5F4NO3/c9-5-2-7(13(15)16)6(10)1-4(5)8(11,12)3-14/h1-2,14H,3H2. The minimum absolute atomic E-state index is 0.00366. The van der Waals surface area contributed by atoms with E-state index in [1.54, 1.807) is 0 Å². The number of hydrogen-bond acceptors (Lipinski definition) is 3. The fraction of sp³-hybridized carbons (Fsp3) is 0.250. The van der Waals surface area contributed by atoms with E-state index in [-0.39, 0.29) is 12.1 Å². The molecule has 16 heavy (non-hydrogen) atoms. The first-order valence-electron chi connectivity index (χ1n) is 3.92. The zero-order valence-electron chi connectivity index (χ0n) is 7.58. The SMILES string of the molecule is O=[N+]([O-])c1cc(F)c(C(F)(F)CO)cc1F. The Morgan fingerprint density at radius 2 is 1.88 bits per heavy atom. The van der Waals surface area contributed by atoms with Crippen molar-refractivity contribution in [3.05, 3.63) is 39.4 Å². The summed E-state index contributed by atoms with van der Waals surface area (Å²) in [5, 5.41) is 18.4. The summed E-state index contributed by atoms with van der Waals surface area (Å²) in [5.41, 5.74) is -2.66. The summed E-state index contributed by atoms with van der Waals surface area (Å²) >= 11 is 0. The average Bonchev–Trinajstić information content (AvgIpc) is 2.20. The maximum Gasteiger partial charge on any atom is 0.307 e. The Kier molecular flexibility index (Phi) is 3.13. The van der Waals surface area contributed by atoms with Crippen LogP contribution in [0.2, 0.25) is 0 Å². The first kappa shape index (κ1) is 12.4. The molecule has 88 valence electrons. The molecule has 0 bridgehead atoms. The first-order valence-corrected chi connectivity index (χ1v) is 3.92. The number of alkyl halides is 2. The zero-order chi connectivity index (χ0) is 12.5. The van der Waals surface area contributed by atoms with Crippen molar-refractivity contribution in [3.8, 4) is 0 Å². The Bertz CT molecular complexity index is 436. The van der Waals surface area contributed by atoms with E-state index in [1.165, 1.54) is 0 Å². The Hall–Kier alpha value is -1.70.